The quantitative estimate of drug-likeness (QED) is 0.537. The molecule has 0 atom stereocenters. The molecule has 0 aliphatic carbocycles. The van der Waals surface area contributed by atoms with E-state index in [9.17, 15) is 13.2 Å². The van der Waals surface area contributed by atoms with E-state index >= 15 is 0 Å². The van der Waals surface area contributed by atoms with Crippen molar-refractivity contribution in [2.45, 2.75) is 44.9 Å². The Morgan fingerprint density at radius 2 is 1.93 bits per heavy atom. The maximum atomic E-state index is 13.0. The summed E-state index contributed by atoms with van der Waals surface area (Å²) in [4.78, 5) is 13.0. The Kier molecular flexibility index (Phi) is 5.94. The first-order chi connectivity index (χ1) is 14.0. The molecule has 2 N–H and O–H groups in total. The minimum Gasteiger partial charge on any atom is -0.497 e. The molecule has 160 valence electrons. The maximum Gasteiger partial charge on any atom is 0.235 e. The van der Waals surface area contributed by atoms with Gasteiger partial charge in [-0.2, -0.15) is 0 Å². The highest BCUT2D eigenvalue weighted by atomic mass is 32.2. The summed E-state index contributed by atoms with van der Waals surface area (Å²) >= 11 is 0. The van der Waals surface area contributed by atoms with Crippen LogP contribution in [-0.4, -0.2) is 32.1 Å². The molecular weight excluding hydrogens is 400 g/mol. The normalized spacial score (nSPS) is 16.7. The number of hydrogen-bond donors (Lipinski definition) is 2. The van der Waals surface area contributed by atoms with Crippen LogP contribution in [0.4, 0.5) is 5.69 Å². The summed E-state index contributed by atoms with van der Waals surface area (Å²) in [6, 6.07) is 12.4. The molecular formula is C23H28N2O4S. The first-order valence-corrected chi connectivity index (χ1v) is 11.4. The monoisotopic (exact) mass is 428 g/mol. The van der Waals surface area contributed by atoms with E-state index in [1.165, 1.54) is 0 Å². The Morgan fingerprint density at radius 3 is 2.60 bits per heavy atom. The molecule has 1 aliphatic rings. The summed E-state index contributed by atoms with van der Waals surface area (Å²) in [5.41, 5.74) is 3.35. The summed E-state index contributed by atoms with van der Waals surface area (Å²) in [5, 5.41) is 2.87. The molecule has 1 heterocycles. The smallest absolute Gasteiger partial charge is 0.235 e. The molecule has 2 aromatic carbocycles. The van der Waals surface area contributed by atoms with Gasteiger partial charge in [0, 0.05) is 34.1 Å². The van der Waals surface area contributed by atoms with Crippen LogP contribution in [0.15, 0.2) is 48.5 Å². The fourth-order valence-corrected chi connectivity index (χ4v) is 4.08. The Balaban J connectivity index is 1.96. The number of fused-ring (bicyclic) bond motifs is 1. The lowest BCUT2D eigenvalue weighted by Crippen LogP contribution is -2.43. The molecule has 0 spiro atoms. The highest BCUT2D eigenvalue weighted by Crippen LogP contribution is 2.32. The van der Waals surface area contributed by atoms with E-state index in [1.807, 2.05) is 18.2 Å². The molecule has 0 fully saturated rings. The highest BCUT2D eigenvalue weighted by Gasteiger charge is 2.28. The number of benzene rings is 2. The van der Waals surface area contributed by atoms with Gasteiger partial charge in [0.05, 0.1) is 12.4 Å². The largest absolute Gasteiger partial charge is 0.497 e. The highest BCUT2D eigenvalue weighted by molar-refractivity contribution is 7.93. The predicted octanol–water partition coefficient (Wildman–Crippen LogP) is 3.99. The Labute approximate surface area is 178 Å². The van der Waals surface area contributed by atoms with Gasteiger partial charge in [0.1, 0.15) is 5.75 Å². The SMILES string of the molecule is COc1ccc2c(c1)/C(=C/C(=O)c1cccc(NS(=O)(=O)C(C)C)c1)NC(C)(C)C2. The molecule has 0 amide bonds. The van der Waals surface area contributed by atoms with E-state index in [-0.39, 0.29) is 11.3 Å². The topological polar surface area (TPSA) is 84.5 Å². The first-order valence-electron chi connectivity index (χ1n) is 9.84. The van der Waals surface area contributed by atoms with Crippen molar-refractivity contribution in [2.75, 3.05) is 11.8 Å². The minimum atomic E-state index is -3.49. The first kappa shape index (κ1) is 21.9. The van der Waals surface area contributed by atoms with Crippen molar-refractivity contribution in [2.24, 2.45) is 0 Å². The van der Waals surface area contributed by atoms with Gasteiger partial charge < -0.3 is 10.1 Å². The van der Waals surface area contributed by atoms with Crippen molar-refractivity contribution in [3.63, 3.8) is 0 Å². The van der Waals surface area contributed by atoms with Crippen LogP contribution < -0.4 is 14.8 Å². The number of carbonyl (C=O) groups is 1. The third-order valence-corrected chi connectivity index (χ3v) is 6.78. The van der Waals surface area contributed by atoms with E-state index < -0.39 is 15.3 Å². The van der Waals surface area contributed by atoms with Gasteiger partial charge >= 0.3 is 0 Å². The van der Waals surface area contributed by atoms with E-state index in [2.05, 4.69) is 23.9 Å². The molecule has 30 heavy (non-hydrogen) atoms. The van der Waals surface area contributed by atoms with Crippen LogP contribution in [-0.2, 0) is 16.4 Å². The van der Waals surface area contributed by atoms with Crippen LogP contribution in [0.5, 0.6) is 5.75 Å². The number of sulfonamides is 1. The van der Waals surface area contributed by atoms with Gasteiger partial charge in [0.2, 0.25) is 10.0 Å². The molecule has 0 radical (unpaired) electrons. The summed E-state index contributed by atoms with van der Waals surface area (Å²) < 4.78 is 32.1. The van der Waals surface area contributed by atoms with Crippen molar-refractivity contribution in [3.05, 3.63) is 65.2 Å². The molecule has 7 heteroatoms. The Hall–Kier alpha value is -2.80. The molecule has 0 aromatic heterocycles. The van der Waals surface area contributed by atoms with Crippen LogP contribution in [0.2, 0.25) is 0 Å². The Bertz CT molecular complexity index is 1100. The van der Waals surface area contributed by atoms with Crippen LogP contribution in [0, 0.1) is 0 Å². The van der Waals surface area contributed by atoms with Gasteiger partial charge in [-0.3, -0.25) is 9.52 Å². The zero-order chi connectivity index (χ0) is 22.1. The number of carbonyl (C=O) groups excluding carboxylic acids is 1. The van der Waals surface area contributed by atoms with Gasteiger partial charge in [-0.25, -0.2) is 8.42 Å². The van der Waals surface area contributed by atoms with Crippen molar-refractivity contribution in [1.29, 1.82) is 0 Å². The lowest BCUT2D eigenvalue weighted by atomic mass is 9.85. The van der Waals surface area contributed by atoms with Crippen molar-refractivity contribution < 1.29 is 17.9 Å². The fraction of sp³-hybridized carbons (Fsp3) is 0.348. The molecule has 1 aliphatic heterocycles. The van der Waals surface area contributed by atoms with Crippen LogP contribution in [0.1, 0.15) is 49.2 Å². The van der Waals surface area contributed by atoms with Crippen LogP contribution in [0.3, 0.4) is 0 Å². The zero-order valence-corrected chi connectivity index (χ0v) is 18.8. The number of anilines is 1. The van der Waals surface area contributed by atoms with Crippen molar-refractivity contribution in [1.82, 2.24) is 5.32 Å². The molecule has 0 saturated heterocycles. The van der Waals surface area contributed by atoms with Crippen LogP contribution >= 0.6 is 0 Å². The lowest BCUT2D eigenvalue weighted by molar-refractivity contribution is 0.104. The second kappa shape index (κ2) is 8.14. The molecule has 2 aromatic rings. The Morgan fingerprint density at radius 1 is 1.20 bits per heavy atom. The number of rotatable bonds is 6. The predicted molar refractivity (Wildman–Crippen MR) is 120 cm³/mol. The average molecular weight is 429 g/mol. The number of ketones is 1. The number of methoxy groups -OCH3 is 1. The van der Waals surface area contributed by atoms with Gasteiger partial charge in [0.25, 0.3) is 0 Å². The number of allylic oxidation sites excluding steroid dienone is 1. The van der Waals surface area contributed by atoms with Gasteiger partial charge in [-0.05, 0) is 63.9 Å². The summed E-state index contributed by atoms with van der Waals surface area (Å²) in [6.45, 7) is 7.37. The summed E-state index contributed by atoms with van der Waals surface area (Å²) in [6.07, 6.45) is 2.39. The number of ether oxygens (including phenoxy) is 1. The lowest BCUT2D eigenvalue weighted by Gasteiger charge is -2.35. The minimum absolute atomic E-state index is 0.206. The maximum absolute atomic E-state index is 13.0. The molecule has 3 rings (SSSR count). The second-order valence-electron chi connectivity index (χ2n) is 8.41. The average Bonchev–Trinajstić information content (AvgIpc) is 2.66. The molecule has 0 unspecified atom stereocenters. The second-order valence-corrected chi connectivity index (χ2v) is 10.6. The van der Waals surface area contributed by atoms with Crippen molar-refractivity contribution >= 4 is 27.2 Å². The van der Waals surface area contributed by atoms with Gasteiger partial charge in [0.15, 0.2) is 5.78 Å². The van der Waals surface area contributed by atoms with E-state index in [0.29, 0.717) is 11.3 Å². The van der Waals surface area contributed by atoms with Gasteiger partial charge in [-0.1, -0.05) is 18.2 Å². The fourth-order valence-electron chi connectivity index (χ4n) is 3.39. The third-order valence-electron chi connectivity index (χ3n) is 5.02. The summed E-state index contributed by atoms with van der Waals surface area (Å²) in [7, 11) is -1.88. The van der Waals surface area contributed by atoms with Crippen molar-refractivity contribution in [3.8, 4) is 5.75 Å². The third kappa shape index (κ3) is 4.84. The number of hydrogen-bond acceptors (Lipinski definition) is 5. The standard InChI is InChI=1S/C23H28N2O4S/c1-15(2)30(27,28)25-18-8-6-7-16(11-18)22(26)13-21-20-12-19(29-5)10-9-17(20)14-23(3,4)24-21/h6-13,15,24-25H,14H2,1-5H3/b21-13-. The number of nitrogens with one attached hydrogen (secondary N) is 2. The van der Waals surface area contributed by atoms with E-state index in [1.54, 1.807) is 51.3 Å². The molecule has 6 nitrogen and oxygen atoms in total. The van der Waals surface area contributed by atoms with Crippen LogP contribution in [0.25, 0.3) is 5.70 Å². The van der Waals surface area contributed by atoms with Gasteiger partial charge in [-0.15, -0.1) is 0 Å². The van der Waals surface area contributed by atoms with E-state index in [4.69, 9.17) is 4.74 Å². The molecule has 0 bridgehead atoms. The van der Waals surface area contributed by atoms with E-state index in [0.717, 1.165) is 29.0 Å². The molecule has 0 saturated carbocycles. The summed E-state index contributed by atoms with van der Waals surface area (Å²) in [5.74, 6) is 0.508. The zero-order valence-electron chi connectivity index (χ0n) is 17.9.